The van der Waals surface area contributed by atoms with Gasteiger partial charge in [0, 0.05) is 23.5 Å². The quantitative estimate of drug-likeness (QED) is 0.474. The topological polar surface area (TPSA) is 37.5 Å². The SMILES string of the molecule is Oc1c(C=Nn2cccc2)cc(F)cc1-c1ccccc1.[Cl][Ti][Cl]. The summed E-state index contributed by atoms with van der Waals surface area (Å²) in [6, 6.07) is 15.4. The van der Waals surface area contributed by atoms with Crippen LogP contribution in [0, 0.1) is 5.82 Å². The van der Waals surface area contributed by atoms with Crippen LogP contribution in [-0.2, 0) is 17.0 Å². The summed E-state index contributed by atoms with van der Waals surface area (Å²) in [6.45, 7) is 0. The van der Waals surface area contributed by atoms with Gasteiger partial charge in [-0.2, -0.15) is 5.10 Å². The van der Waals surface area contributed by atoms with Crippen molar-refractivity contribution in [2.75, 3.05) is 0 Å². The molecule has 122 valence electrons. The minimum atomic E-state index is -0.556. The number of phenols is 1. The van der Waals surface area contributed by atoms with Crippen LogP contribution in [0.1, 0.15) is 5.56 Å². The molecule has 0 aliphatic heterocycles. The fourth-order valence-corrected chi connectivity index (χ4v) is 2.09. The number of benzene rings is 2. The predicted octanol–water partition coefficient (Wildman–Crippen LogP) is 5.26. The Morgan fingerprint density at radius 3 is 2.29 bits per heavy atom. The standard InChI is InChI=1S/C17H13FN2O.2ClH.Ti/c18-15-10-14(12-19-20-8-4-5-9-20)17(21)16(11-15)13-6-2-1-3-7-13;;;/h1-12,21H;2*1H;/q;;;+2/p-2. The zero-order chi connectivity index (χ0) is 17.4. The molecule has 0 radical (unpaired) electrons. The Morgan fingerprint density at radius 1 is 1.04 bits per heavy atom. The molecule has 3 rings (SSSR count). The molecule has 0 saturated heterocycles. The molecule has 0 aliphatic rings. The van der Waals surface area contributed by atoms with Crippen LogP contribution in [0.4, 0.5) is 4.39 Å². The van der Waals surface area contributed by atoms with Crippen molar-refractivity contribution in [1.29, 1.82) is 0 Å². The Labute approximate surface area is 156 Å². The number of aromatic hydroxyl groups is 1. The van der Waals surface area contributed by atoms with Crippen LogP contribution < -0.4 is 0 Å². The van der Waals surface area contributed by atoms with Gasteiger partial charge in [0.1, 0.15) is 11.6 Å². The van der Waals surface area contributed by atoms with Crippen LogP contribution in [0.25, 0.3) is 11.1 Å². The van der Waals surface area contributed by atoms with Gasteiger partial charge in [-0.25, -0.2) is 9.07 Å². The molecule has 24 heavy (non-hydrogen) atoms. The first-order valence-electron chi connectivity index (χ1n) is 6.87. The number of hydrogen-bond donors (Lipinski definition) is 1. The fraction of sp³-hybridized carbons (Fsp3) is 0. The number of phenolic OH excluding ortho intramolecular Hbond substituents is 1. The Hall–Kier alpha value is -1.59. The van der Waals surface area contributed by atoms with Crippen molar-refractivity contribution >= 4 is 24.8 Å². The Balaban J connectivity index is 0.000000647. The van der Waals surface area contributed by atoms with Gasteiger partial charge < -0.3 is 5.11 Å². The summed E-state index contributed by atoms with van der Waals surface area (Å²) in [5, 5.41) is 14.5. The van der Waals surface area contributed by atoms with Crippen molar-refractivity contribution in [3.63, 3.8) is 0 Å². The van der Waals surface area contributed by atoms with Gasteiger partial charge >= 0.3 is 35.6 Å². The van der Waals surface area contributed by atoms with Crippen LogP contribution in [0.3, 0.4) is 0 Å². The fourth-order valence-electron chi connectivity index (χ4n) is 2.09. The molecule has 7 heteroatoms. The molecule has 1 aromatic heterocycles. The van der Waals surface area contributed by atoms with E-state index >= 15 is 0 Å². The molecule has 0 fully saturated rings. The number of rotatable bonds is 3. The van der Waals surface area contributed by atoms with Crippen molar-refractivity contribution in [3.05, 3.63) is 78.4 Å². The molecule has 3 nitrogen and oxygen atoms in total. The van der Waals surface area contributed by atoms with Gasteiger partial charge in [0.2, 0.25) is 0 Å². The normalized spacial score (nSPS) is 10.3. The van der Waals surface area contributed by atoms with Gasteiger partial charge in [-0.15, -0.1) is 0 Å². The first kappa shape index (κ1) is 18.7. The average Bonchev–Trinajstić information content (AvgIpc) is 3.10. The molecule has 0 aliphatic carbocycles. The predicted molar refractivity (Wildman–Crippen MR) is 92.6 cm³/mol. The van der Waals surface area contributed by atoms with E-state index in [4.69, 9.17) is 18.6 Å². The van der Waals surface area contributed by atoms with E-state index in [1.54, 1.807) is 17.1 Å². The maximum absolute atomic E-state index is 13.8. The molecule has 1 heterocycles. The zero-order valence-electron chi connectivity index (χ0n) is 12.4. The summed E-state index contributed by atoms with van der Waals surface area (Å²) in [7, 11) is 9.78. The van der Waals surface area contributed by atoms with Crippen molar-refractivity contribution in [1.82, 2.24) is 4.68 Å². The van der Waals surface area contributed by atoms with E-state index in [9.17, 15) is 9.50 Å². The number of hydrogen-bond acceptors (Lipinski definition) is 2. The molecule has 0 amide bonds. The molecule has 0 atom stereocenters. The van der Waals surface area contributed by atoms with Gasteiger partial charge in [-0.05, 0) is 29.8 Å². The molecule has 2 aromatic carbocycles. The van der Waals surface area contributed by atoms with Gasteiger partial charge in [0.15, 0.2) is 0 Å². The molecule has 3 aromatic rings. The molecule has 0 saturated carbocycles. The number of nitrogens with zero attached hydrogens (tertiary/aromatic N) is 2. The molecule has 0 spiro atoms. The third-order valence-corrected chi connectivity index (χ3v) is 3.11. The van der Waals surface area contributed by atoms with Gasteiger partial charge in [-0.3, -0.25) is 0 Å². The van der Waals surface area contributed by atoms with E-state index in [-0.39, 0.29) is 5.75 Å². The van der Waals surface area contributed by atoms with E-state index in [1.807, 2.05) is 42.5 Å². The van der Waals surface area contributed by atoms with Crippen LogP contribution in [0.5, 0.6) is 5.75 Å². The molecular weight excluding hydrogens is 386 g/mol. The van der Waals surface area contributed by atoms with Gasteiger partial charge in [-0.1, -0.05) is 30.3 Å². The average molecular weight is 399 g/mol. The summed E-state index contributed by atoms with van der Waals surface area (Å²) in [5.41, 5.74) is 1.54. The van der Waals surface area contributed by atoms with Crippen LogP contribution in [-0.4, -0.2) is 16.0 Å². The number of aromatic nitrogens is 1. The Kier molecular flexibility index (Phi) is 7.54. The third kappa shape index (κ3) is 5.21. The Morgan fingerprint density at radius 2 is 1.67 bits per heavy atom. The zero-order valence-corrected chi connectivity index (χ0v) is 15.5. The molecule has 0 bridgehead atoms. The third-order valence-electron chi connectivity index (χ3n) is 3.11. The first-order valence-corrected chi connectivity index (χ1v) is 11.2. The Bertz CT molecular complexity index is 796. The summed E-state index contributed by atoms with van der Waals surface area (Å²) >= 11 is -0.556. The van der Waals surface area contributed by atoms with Crippen LogP contribution in [0.2, 0.25) is 0 Å². The molecule has 1 N–H and O–H groups in total. The number of halogens is 3. The van der Waals surface area contributed by atoms with Gasteiger partial charge in [0.25, 0.3) is 0 Å². The second-order valence-corrected chi connectivity index (χ2v) is 7.22. The summed E-state index contributed by atoms with van der Waals surface area (Å²) in [6.07, 6.45) is 4.95. The van der Waals surface area contributed by atoms with Gasteiger partial charge in [0.05, 0.1) is 6.21 Å². The van der Waals surface area contributed by atoms with Crippen LogP contribution >= 0.6 is 18.6 Å². The second kappa shape index (κ2) is 9.65. The summed E-state index contributed by atoms with van der Waals surface area (Å²) < 4.78 is 15.4. The molecular formula is C17H13Cl2FN2OTi. The van der Waals surface area contributed by atoms with E-state index in [1.165, 1.54) is 18.3 Å². The monoisotopic (exact) mass is 398 g/mol. The summed E-state index contributed by atoms with van der Waals surface area (Å²) in [5.74, 6) is -0.404. The second-order valence-electron chi connectivity index (χ2n) is 4.64. The van der Waals surface area contributed by atoms with Crippen molar-refractivity contribution < 1.29 is 26.5 Å². The first-order chi connectivity index (χ1) is 11.7. The minimum absolute atomic E-state index is 0.0125. The maximum atomic E-state index is 13.8. The van der Waals surface area contributed by atoms with Crippen molar-refractivity contribution in [2.45, 2.75) is 0 Å². The van der Waals surface area contributed by atoms with E-state index in [0.717, 1.165) is 5.56 Å². The van der Waals surface area contributed by atoms with E-state index in [0.29, 0.717) is 11.1 Å². The molecule has 0 unspecified atom stereocenters. The van der Waals surface area contributed by atoms with Crippen molar-refractivity contribution in [2.24, 2.45) is 5.10 Å². The van der Waals surface area contributed by atoms with Crippen LogP contribution in [0.15, 0.2) is 72.1 Å². The van der Waals surface area contributed by atoms with E-state index in [2.05, 4.69) is 5.10 Å². The summed E-state index contributed by atoms with van der Waals surface area (Å²) in [4.78, 5) is 0. The van der Waals surface area contributed by atoms with E-state index < -0.39 is 22.8 Å². The van der Waals surface area contributed by atoms with Crippen molar-refractivity contribution in [3.8, 4) is 16.9 Å².